The number of hydroxylamine groups is 1. The summed E-state index contributed by atoms with van der Waals surface area (Å²) < 4.78 is 16.1. The molecule has 43 heavy (non-hydrogen) atoms. The van der Waals surface area contributed by atoms with Gasteiger partial charge in [-0.25, -0.2) is 10.3 Å². The van der Waals surface area contributed by atoms with Crippen LogP contribution in [0, 0.1) is 0 Å². The Morgan fingerprint density at radius 1 is 1.00 bits per heavy atom. The number of nitrogens with one attached hydrogen (secondary N) is 2. The van der Waals surface area contributed by atoms with Crippen molar-refractivity contribution in [3.63, 3.8) is 0 Å². The molecule has 1 aliphatic heterocycles. The number of hydrogen-bond donors (Lipinski definition) is 4. The van der Waals surface area contributed by atoms with Gasteiger partial charge in [0.1, 0.15) is 11.6 Å². The number of nitrogens with zero attached hydrogens (tertiary/aromatic N) is 1. The number of aliphatic hydroxyl groups excluding tert-OH is 1. The van der Waals surface area contributed by atoms with Crippen LogP contribution in [-0.4, -0.2) is 57.7 Å². The summed E-state index contributed by atoms with van der Waals surface area (Å²) in [5.74, 6) is -0.113. The van der Waals surface area contributed by atoms with Gasteiger partial charge in [0.25, 0.3) is 5.91 Å². The summed E-state index contributed by atoms with van der Waals surface area (Å²) in [6, 6.07) is 18.7. The van der Waals surface area contributed by atoms with E-state index in [1.165, 1.54) is 10.4 Å². The number of ether oxygens (including phenoxy) is 3. The Labute approximate surface area is 249 Å². The van der Waals surface area contributed by atoms with Gasteiger partial charge in [0.05, 0.1) is 18.6 Å². The second kappa shape index (κ2) is 12.3. The maximum Gasteiger partial charge on any atom is 0.408 e. The maximum absolute atomic E-state index is 13.9. The standard InChI is InChI=1S/C32H35N3O8/c1-32(2,3)43-31(39)33-24(30(38)34-40)16-28(37)35(29-23-7-5-4-6-22(23)14-25(29)36)17-19-8-10-20(11-9-19)21-12-13-26-27(15-21)42-18-41-26/h4-13,15,24-25,29,36,40H,14,16-18H2,1-3H3,(H,33,39)(H,34,38)/t24-,25+,29-/m0/s1. The predicted octanol–water partition coefficient (Wildman–Crippen LogP) is 3.86. The van der Waals surface area contributed by atoms with Gasteiger partial charge in [-0.3, -0.25) is 14.8 Å². The minimum atomic E-state index is -1.42. The Hall–Kier alpha value is -4.61. The van der Waals surface area contributed by atoms with E-state index in [4.69, 9.17) is 14.2 Å². The number of hydrogen-bond acceptors (Lipinski definition) is 8. The van der Waals surface area contributed by atoms with Crippen LogP contribution in [0.4, 0.5) is 4.79 Å². The van der Waals surface area contributed by atoms with E-state index in [0.29, 0.717) is 17.9 Å². The number of aliphatic hydroxyl groups is 1. The fraction of sp³-hybridized carbons (Fsp3) is 0.344. The van der Waals surface area contributed by atoms with E-state index in [-0.39, 0.29) is 13.3 Å². The van der Waals surface area contributed by atoms with Gasteiger partial charge in [0.15, 0.2) is 11.5 Å². The predicted molar refractivity (Wildman–Crippen MR) is 155 cm³/mol. The lowest BCUT2D eigenvalue weighted by molar-refractivity contribution is -0.141. The quantitative estimate of drug-likeness (QED) is 0.229. The highest BCUT2D eigenvalue weighted by atomic mass is 16.7. The van der Waals surface area contributed by atoms with Crippen molar-refractivity contribution in [2.45, 2.75) is 63.9 Å². The van der Waals surface area contributed by atoms with Crippen LogP contribution in [0.5, 0.6) is 11.5 Å². The van der Waals surface area contributed by atoms with Gasteiger partial charge < -0.3 is 29.5 Å². The monoisotopic (exact) mass is 589 g/mol. The molecule has 11 heteroatoms. The van der Waals surface area contributed by atoms with Gasteiger partial charge in [0, 0.05) is 13.0 Å². The van der Waals surface area contributed by atoms with Gasteiger partial charge in [-0.1, -0.05) is 54.6 Å². The van der Waals surface area contributed by atoms with Crippen LogP contribution in [-0.2, 0) is 27.3 Å². The zero-order chi connectivity index (χ0) is 30.7. The molecule has 11 nitrogen and oxygen atoms in total. The molecule has 1 heterocycles. The van der Waals surface area contributed by atoms with E-state index < -0.39 is 48.1 Å². The van der Waals surface area contributed by atoms with Crippen LogP contribution in [0.2, 0.25) is 0 Å². The largest absolute Gasteiger partial charge is 0.454 e. The highest BCUT2D eigenvalue weighted by Gasteiger charge is 2.39. The molecule has 1 aliphatic carbocycles. The molecule has 2 aliphatic rings. The summed E-state index contributed by atoms with van der Waals surface area (Å²) in [6.45, 7) is 5.30. The van der Waals surface area contributed by atoms with Gasteiger partial charge in [-0.05, 0) is 60.7 Å². The van der Waals surface area contributed by atoms with Gasteiger partial charge in [-0.15, -0.1) is 0 Å². The van der Waals surface area contributed by atoms with E-state index in [1.807, 2.05) is 66.7 Å². The lowest BCUT2D eigenvalue weighted by Crippen LogP contribution is -2.50. The molecular weight excluding hydrogens is 554 g/mol. The zero-order valence-electron chi connectivity index (χ0n) is 24.2. The first-order valence-electron chi connectivity index (χ1n) is 14.0. The van der Waals surface area contributed by atoms with Crippen LogP contribution in [0.1, 0.15) is 49.9 Å². The smallest absolute Gasteiger partial charge is 0.408 e. The first kappa shape index (κ1) is 29.9. The number of carbonyl (C=O) groups excluding carboxylic acids is 3. The molecule has 4 N–H and O–H groups in total. The van der Waals surface area contributed by atoms with Crippen molar-refractivity contribution in [2.75, 3.05) is 6.79 Å². The Kier molecular flexibility index (Phi) is 8.56. The van der Waals surface area contributed by atoms with E-state index in [2.05, 4.69) is 5.32 Å². The Balaban J connectivity index is 1.40. The van der Waals surface area contributed by atoms with E-state index >= 15 is 0 Å². The van der Waals surface area contributed by atoms with Crippen LogP contribution in [0.15, 0.2) is 66.7 Å². The number of amides is 3. The third-order valence-corrected chi connectivity index (χ3v) is 7.33. The number of rotatable bonds is 8. The molecule has 0 unspecified atom stereocenters. The molecule has 3 atom stereocenters. The summed E-state index contributed by atoms with van der Waals surface area (Å²) in [4.78, 5) is 40.4. The maximum atomic E-state index is 13.9. The average molecular weight is 590 g/mol. The van der Waals surface area contributed by atoms with E-state index in [0.717, 1.165) is 27.8 Å². The molecule has 226 valence electrons. The minimum absolute atomic E-state index is 0.121. The third kappa shape index (κ3) is 6.90. The lowest BCUT2D eigenvalue weighted by atomic mass is 10.0. The number of alkyl carbamates (subject to hydrolysis) is 1. The molecule has 0 fully saturated rings. The van der Waals surface area contributed by atoms with Crippen molar-refractivity contribution in [3.8, 4) is 22.6 Å². The van der Waals surface area contributed by atoms with Crippen molar-refractivity contribution in [1.29, 1.82) is 0 Å². The Morgan fingerprint density at radius 3 is 2.42 bits per heavy atom. The highest BCUT2D eigenvalue weighted by molar-refractivity contribution is 5.90. The molecule has 0 saturated carbocycles. The van der Waals surface area contributed by atoms with Crippen molar-refractivity contribution in [1.82, 2.24) is 15.7 Å². The average Bonchev–Trinajstić information content (AvgIpc) is 3.57. The Morgan fingerprint density at radius 2 is 1.70 bits per heavy atom. The summed E-state index contributed by atoms with van der Waals surface area (Å²) in [5.41, 5.74) is 5.07. The molecule has 0 radical (unpaired) electrons. The number of fused-ring (bicyclic) bond motifs is 2. The fourth-order valence-corrected chi connectivity index (χ4v) is 5.37. The molecule has 5 rings (SSSR count). The topological polar surface area (TPSA) is 147 Å². The molecule has 3 aromatic rings. The van der Waals surface area contributed by atoms with Gasteiger partial charge in [0.2, 0.25) is 12.7 Å². The van der Waals surface area contributed by atoms with Crippen LogP contribution < -0.4 is 20.3 Å². The number of benzene rings is 3. The molecular formula is C32H35N3O8. The Bertz CT molecular complexity index is 1500. The van der Waals surface area contributed by atoms with Crippen molar-refractivity contribution >= 4 is 17.9 Å². The fourth-order valence-electron chi connectivity index (χ4n) is 5.37. The summed E-state index contributed by atoms with van der Waals surface area (Å²) in [7, 11) is 0. The summed E-state index contributed by atoms with van der Waals surface area (Å²) in [6.07, 6.45) is -1.90. The molecule has 0 saturated heterocycles. The van der Waals surface area contributed by atoms with Crippen LogP contribution >= 0.6 is 0 Å². The zero-order valence-corrected chi connectivity index (χ0v) is 24.2. The third-order valence-electron chi connectivity index (χ3n) is 7.33. The van der Waals surface area contributed by atoms with Gasteiger partial charge in [-0.2, -0.15) is 0 Å². The van der Waals surface area contributed by atoms with E-state index in [1.54, 1.807) is 20.8 Å². The summed E-state index contributed by atoms with van der Waals surface area (Å²) >= 11 is 0. The first-order valence-corrected chi connectivity index (χ1v) is 14.0. The second-order valence-electron chi connectivity index (χ2n) is 11.6. The second-order valence-corrected chi connectivity index (χ2v) is 11.6. The lowest BCUT2D eigenvalue weighted by Gasteiger charge is -2.33. The highest BCUT2D eigenvalue weighted by Crippen LogP contribution is 2.38. The minimum Gasteiger partial charge on any atom is -0.454 e. The van der Waals surface area contributed by atoms with Crippen LogP contribution in [0.3, 0.4) is 0 Å². The normalized spacial score (nSPS) is 17.5. The van der Waals surface area contributed by atoms with Crippen molar-refractivity contribution in [3.05, 3.63) is 83.4 Å². The molecule has 0 bridgehead atoms. The van der Waals surface area contributed by atoms with Crippen molar-refractivity contribution < 1.29 is 38.9 Å². The summed E-state index contributed by atoms with van der Waals surface area (Å²) in [5, 5.41) is 22.8. The molecule has 3 aromatic carbocycles. The SMILES string of the molecule is CC(C)(C)OC(=O)N[C@@H](CC(=O)N(Cc1ccc(-c2ccc3c(c2)OCO3)cc1)[C@H]1c2ccccc2C[C@H]1O)C(=O)NO. The number of carbonyl (C=O) groups is 3. The first-order chi connectivity index (χ1) is 20.5. The van der Waals surface area contributed by atoms with Crippen molar-refractivity contribution in [2.24, 2.45) is 0 Å². The van der Waals surface area contributed by atoms with Gasteiger partial charge >= 0.3 is 6.09 Å². The molecule has 0 spiro atoms. The molecule has 3 amide bonds. The van der Waals surface area contributed by atoms with Crippen LogP contribution in [0.25, 0.3) is 11.1 Å². The molecule has 0 aromatic heterocycles. The van der Waals surface area contributed by atoms with E-state index in [9.17, 15) is 24.7 Å².